The molecule has 1 N–H and O–H groups in total. The Morgan fingerprint density at radius 1 is 0.641 bits per heavy atom. The van der Waals surface area contributed by atoms with Crippen LogP contribution in [-0.2, 0) is 0 Å². The first-order valence-electron chi connectivity index (χ1n) is 17.8. The molecule has 39 heavy (non-hydrogen) atoms. The van der Waals surface area contributed by atoms with Crippen LogP contribution in [0.4, 0.5) is 4.79 Å². The van der Waals surface area contributed by atoms with E-state index in [4.69, 9.17) is 0 Å². The van der Waals surface area contributed by atoms with E-state index in [0.29, 0.717) is 18.4 Å². The molecule has 230 valence electrons. The van der Waals surface area contributed by atoms with Crippen LogP contribution in [0.25, 0.3) is 0 Å². The molecule has 0 aliphatic carbocycles. The lowest BCUT2D eigenvalue weighted by Gasteiger charge is -2.45. The first kappa shape index (κ1) is 36.0. The molecule has 1 fully saturated rings. The van der Waals surface area contributed by atoms with Crippen LogP contribution in [0.3, 0.4) is 0 Å². The zero-order valence-corrected chi connectivity index (χ0v) is 26.8. The van der Waals surface area contributed by atoms with E-state index in [1.165, 1.54) is 173 Å². The molecule has 0 radical (unpaired) electrons. The van der Waals surface area contributed by atoms with Gasteiger partial charge in [0.25, 0.3) is 0 Å². The predicted octanol–water partition coefficient (Wildman–Crippen LogP) is 12.7. The summed E-state index contributed by atoms with van der Waals surface area (Å²) in [4.78, 5) is 13.0. The maximum absolute atomic E-state index is 11.5. The van der Waals surface area contributed by atoms with Crippen molar-refractivity contribution >= 4 is 6.09 Å². The average molecular weight is 548 g/mol. The van der Waals surface area contributed by atoms with Crippen molar-refractivity contribution in [2.24, 2.45) is 11.8 Å². The Labute approximate surface area is 245 Å². The van der Waals surface area contributed by atoms with E-state index in [1.807, 2.05) is 13.0 Å². The fraction of sp³-hybridized carbons (Fsp3) is 0.917. The van der Waals surface area contributed by atoms with Crippen LogP contribution in [0.1, 0.15) is 194 Å². The summed E-state index contributed by atoms with van der Waals surface area (Å²) in [5.41, 5.74) is 1.06. The Hall–Kier alpha value is -0.990. The van der Waals surface area contributed by atoms with Gasteiger partial charge in [0.15, 0.2) is 0 Å². The van der Waals surface area contributed by atoms with Crippen molar-refractivity contribution in [3.63, 3.8) is 0 Å². The Bertz CT molecular complexity index is 587. The number of carbonyl (C=O) groups is 1. The van der Waals surface area contributed by atoms with Crippen LogP contribution in [0.15, 0.2) is 11.8 Å². The quantitative estimate of drug-likeness (QED) is 0.0989. The second-order valence-corrected chi connectivity index (χ2v) is 12.7. The number of carboxylic acid groups (broad SMARTS) is 1. The van der Waals surface area contributed by atoms with Gasteiger partial charge in [-0.1, -0.05) is 180 Å². The van der Waals surface area contributed by atoms with Gasteiger partial charge >= 0.3 is 6.09 Å². The molecule has 3 heteroatoms. The van der Waals surface area contributed by atoms with Crippen molar-refractivity contribution in [3.05, 3.63) is 11.8 Å². The average Bonchev–Trinajstić information content (AvgIpc) is 2.91. The maximum atomic E-state index is 11.5. The van der Waals surface area contributed by atoms with Crippen LogP contribution in [0.5, 0.6) is 0 Å². The Balaban J connectivity index is 2.00. The van der Waals surface area contributed by atoms with Gasteiger partial charge < -0.3 is 5.11 Å². The molecule has 0 spiro atoms. The Kier molecular flexibility index (Phi) is 24.0. The topological polar surface area (TPSA) is 40.5 Å². The molecule has 2 atom stereocenters. The number of allylic oxidation sites excluding steroid dienone is 1. The minimum atomic E-state index is -0.778. The van der Waals surface area contributed by atoms with E-state index in [1.54, 1.807) is 4.90 Å². The van der Waals surface area contributed by atoms with Crippen molar-refractivity contribution in [2.75, 3.05) is 6.54 Å². The third-order valence-corrected chi connectivity index (χ3v) is 9.27. The molecule has 1 aliphatic rings. The molecule has 1 saturated heterocycles. The fourth-order valence-electron chi connectivity index (χ4n) is 6.65. The highest BCUT2D eigenvalue weighted by molar-refractivity contribution is 5.69. The molecule has 0 bridgehead atoms. The van der Waals surface area contributed by atoms with E-state index in [-0.39, 0.29) is 0 Å². The normalized spacial score (nSPS) is 17.1. The van der Waals surface area contributed by atoms with Crippen molar-refractivity contribution in [1.82, 2.24) is 4.90 Å². The summed E-state index contributed by atoms with van der Waals surface area (Å²) in [6.45, 7) is 7.29. The van der Waals surface area contributed by atoms with Gasteiger partial charge in [-0.25, -0.2) is 4.79 Å². The summed E-state index contributed by atoms with van der Waals surface area (Å²) in [5.74, 6) is 1.14. The summed E-state index contributed by atoms with van der Waals surface area (Å²) in [7, 11) is 0. The third kappa shape index (κ3) is 18.1. The summed E-state index contributed by atoms with van der Waals surface area (Å²) < 4.78 is 0. The van der Waals surface area contributed by atoms with E-state index in [2.05, 4.69) is 13.8 Å². The number of hydrogen-bond acceptors (Lipinski definition) is 1. The number of likely N-dealkylation sites (tertiary alicyclic amines) is 1. The number of rotatable bonds is 28. The van der Waals surface area contributed by atoms with Gasteiger partial charge in [0.2, 0.25) is 0 Å². The third-order valence-electron chi connectivity index (χ3n) is 9.27. The molecule has 0 aromatic heterocycles. The van der Waals surface area contributed by atoms with Crippen LogP contribution >= 0.6 is 0 Å². The minimum Gasteiger partial charge on any atom is -0.465 e. The second-order valence-electron chi connectivity index (χ2n) is 12.7. The van der Waals surface area contributed by atoms with Gasteiger partial charge in [0.05, 0.1) is 0 Å². The van der Waals surface area contributed by atoms with Crippen LogP contribution < -0.4 is 0 Å². The lowest BCUT2D eigenvalue weighted by Crippen LogP contribution is -2.50. The van der Waals surface area contributed by atoms with Crippen molar-refractivity contribution < 1.29 is 9.90 Å². The lowest BCUT2D eigenvalue weighted by molar-refractivity contribution is 0.0924. The molecule has 0 aromatic rings. The lowest BCUT2D eigenvalue weighted by atomic mass is 9.76. The largest absolute Gasteiger partial charge is 0.465 e. The molecule has 1 aliphatic heterocycles. The van der Waals surface area contributed by atoms with Gasteiger partial charge in [-0.15, -0.1) is 0 Å². The molecular weight excluding hydrogens is 478 g/mol. The van der Waals surface area contributed by atoms with Gasteiger partial charge in [0.1, 0.15) is 0 Å². The maximum Gasteiger partial charge on any atom is 0.411 e. The highest BCUT2D eigenvalue weighted by Gasteiger charge is 2.40. The highest BCUT2D eigenvalue weighted by Crippen LogP contribution is 2.40. The second kappa shape index (κ2) is 25.9. The molecule has 3 nitrogen and oxygen atoms in total. The molecule has 2 unspecified atom stereocenters. The number of amides is 1. The summed E-state index contributed by atoms with van der Waals surface area (Å²) >= 11 is 0. The van der Waals surface area contributed by atoms with E-state index >= 15 is 0 Å². The van der Waals surface area contributed by atoms with Gasteiger partial charge in [-0.05, 0) is 25.7 Å². The Morgan fingerprint density at radius 3 is 1.23 bits per heavy atom. The van der Waals surface area contributed by atoms with Crippen LogP contribution in [-0.4, -0.2) is 22.6 Å². The minimum absolute atomic E-state index is 0.470. The molecule has 1 rings (SSSR count). The van der Waals surface area contributed by atoms with Crippen molar-refractivity contribution in [3.8, 4) is 0 Å². The molecular formula is C36H69NO2. The highest BCUT2D eigenvalue weighted by atomic mass is 16.4. The zero-order valence-electron chi connectivity index (χ0n) is 26.8. The van der Waals surface area contributed by atoms with Crippen molar-refractivity contribution in [2.45, 2.75) is 194 Å². The first-order chi connectivity index (χ1) is 19.2. The van der Waals surface area contributed by atoms with Gasteiger partial charge in [-0.2, -0.15) is 0 Å². The Morgan fingerprint density at radius 2 is 0.949 bits per heavy atom. The SMILES string of the molecule is CC=C1C(C(CCCCCCC)CCCCCCCCCCCCCCCCCCCCCC)CN1C(=O)O. The van der Waals surface area contributed by atoms with E-state index in [0.717, 1.165) is 5.70 Å². The summed E-state index contributed by atoms with van der Waals surface area (Å²) in [5, 5.41) is 9.44. The van der Waals surface area contributed by atoms with Crippen LogP contribution in [0.2, 0.25) is 0 Å². The fourth-order valence-corrected chi connectivity index (χ4v) is 6.65. The van der Waals surface area contributed by atoms with E-state index < -0.39 is 6.09 Å². The smallest absolute Gasteiger partial charge is 0.411 e. The molecule has 1 amide bonds. The first-order valence-corrected chi connectivity index (χ1v) is 17.8. The standard InChI is InChI=1S/C36H69NO2/c1-4-7-9-11-12-13-14-15-16-17-18-19-20-21-22-23-24-25-27-29-31-33(30-28-26-10-8-5-2)34-32-37(36(38)39)35(34)6-3/h6,33-34H,4-5,7-32H2,1-3H3,(H,38,39). The number of hydrogen-bond donors (Lipinski definition) is 1. The number of unbranched alkanes of at least 4 members (excludes halogenated alkanes) is 23. The predicted molar refractivity (Wildman–Crippen MR) is 171 cm³/mol. The molecule has 1 heterocycles. The monoisotopic (exact) mass is 548 g/mol. The zero-order chi connectivity index (χ0) is 28.4. The molecule has 0 saturated carbocycles. The van der Waals surface area contributed by atoms with Gasteiger partial charge in [-0.3, -0.25) is 4.90 Å². The summed E-state index contributed by atoms with van der Waals surface area (Å²) in [6.07, 6.45) is 39.0. The van der Waals surface area contributed by atoms with Crippen LogP contribution in [0, 0.1) is 11.8 Å². The molecule has 0 aromatic carbocycles. The summed E-state index contributed by atoms with van der Waals surface area (Å²) in [6, 6.07) is 0. The number of nitrogens with zero attached hydrogens (tertiary/aromatic N) is 1. The van der Waals surface area contributed by atoms with E-state index in [9.17, 15) is 9.90 Å². The van der Waals surface area contributed by atoms with Gasteiger partial charge in [0, 0.05) is 18.2 Å². The van der Waals surface area contributed by atoms with Crippen molar-refractivity contribution in [1.29, 1.82) is 0 Å².